The van der Waals surface area contributed by atoms with Crippen LogP contribution >= 0.6 is 12.3 Å². The van der Waals surface area contributed by atoms with E-state index in [4.69, 9.17) is 0 Å². The van der Waals surface area contributed by atoms with Crippen LogP contribution in [0.4, 0.5) is 3.89 Å². The van der Waals surface area contributed by atoms with E-state index in [0.29, 0.717) is 17.0 Å². The summed E-state index contributed by atoms with van der Waals surface area (Å²) in [4.78, 5) is 8.17. The molecule has 3 rings (SSSR count). The Morgan fingerprint density at radius 3 is 2.67 bits per heavy atom. The summed E-state index contributed by atoms with van der Waals surface area (Å²) in [6, 6.07) is 0. The highest BCUT2D eigenvalue weighted by Crippen LogP contribution is 2.24. The van der Waals surface area contributed by atoms with Crippen molar-refractivity contribution in [3.05, 3.63) is 30.5 Å². The molecule has 110 valence electrons. The van der Waals surface area contributed by atoms with Gasteiger partial charge in [-0.05, 0) is 6.92 Å². The molecule has 0 unspecified atom stereocenters. The zero-order chi connectivity index (χ0) is 15.2. The van der Waals surface area contributed by atoms with Gasteiger partial charge in [-0.3, -0.25) is 4.40 Å². The number of aromatic nitrogens is 5. The molecule has 0 saturated carbocycles. The van der Waals surface area contributed by atoms with Gasteiger partial charge in [0.25, 0.3) is 0 Å². The fraction of sp³-hybridized carbons (Fsp3) is 0.182. The first-order valence-electron chi connectivity index (χ1n) is 5.79. The average molecular weight is 327 g/mol. The van der Waals surface area contributed by atoms with E-state index in [-0.39, 0.29) is 23.0 Å². The molecule has 3 aromatic heterocycles. The van der Waals surface area contributed by atoms with Crippen LogP contribution in [0, 0.1) is 6.92 Å². The Labute approximate surface area is 124 Å². The summed E-state index contributed by atoms with van der Waals surface area (Å²) in [5.74, 6) is 0. The summed E-state index contributed by atoms with van der Waals surface area (Å²) >= 11 is -0.0295. The molecule has 0 aliphatic carbocycles. The molecule has 0 amide bonds. The molecule has 0 aliphatic heterocycles. The molecule has 0 saturated heterocycles. The van der Waals surface area contributed by atoms with Crippen LogP contribution in [0.2, 0.25) is 0 Å². The fourth-order valence-corrected chi connectivity index (χ4v) is 3.04. The summed E-state index contributed by atoms with van der Waals surface area (Å²) < 4.78 is 38.8. The minimum atomic E-state index is -3.50. The van der Waals surface area contributed by atoms with E-state index < -0.39 is 9.84 Å². The van der Waals surface area contributed by atoms with Gasteiger partial charge in [0.1, 0.15) is 0 Å². The number of sulfone groups is 1. The van der Waals surface area contributed by atoms with Crippen LogP contribution in [-0.2, 0) is 9.84 Å². The van der Waals surface area contributed by atoms with E-state index >= 15 is 0 Å². The van der Waals surface area contributed by atoms with Gasteiger partial charge in [-0.15, -0.1) is 3.89 Å². The lowest BCUT2D eigenvalue weighted by atomic mass is 10.3. The standard InChI is InChI=1S/C11H10FN5O2S2/c1-7-5-16-9(8-3-14-17(6-8)20-12)4-13-10(16)11(15-7)21(2,18)19/h3-6H,1-2H3. The molecule has 3 aromatic rings. The maximum Gasteiger partial charge on any atom is 0.198 e. The van der Waals surface area contributed by atoms with Crippen molar-refractivity contribution in [1.29, 1.82) is 0 Å². The molecule has 10 heteroatoms. The first-order valence-corrected chi connectivity index (χ1v) is 8.35. The zero-order valence-corrected chi connectivity index (χ0v) is 12.7. The molecular weight excluding hydrogens is 317 g/mol. The van der Waals surface area contributed by atoms with Crippen molar-refractivity contribution < 1.29 is 12.3 Å². The summed E-state index contributed by atoms with van der Waals surface area (Å²) in [5.41, 5.74) is 2.01. The van der Waals surface area contributed by atoms with Crippen LogP contribution in [-0.4, -0.2) is 38.2 Å². The van der Waals surface area contributed by atoms with Crippen LogP contribution in [0.3, 0.4) is 0 Å². The molecular formula is C11H10FN5O2S2. The van der Waals surface area contributed by atoms with Crippen molar-refractivity contribution in [2.45, 2.75) is 11.9 Å². The van der Waals surface area contributed by atoms with Gasteiger partial charge in [-0.1, -0.05) is 0 Å². The topological polar surface area (TPSA) is 82.2 Å². The van der Waals surface area contributed by atoms with Crippen molar-refractivity contribution in [1.82, 2.24) is 23.6 Å². The highest BCUT2D eigenvalue weighted by atomic mass is 32.2. The van der Waals surface area contributed by atoms with Gasteiger partial charge in [0.15, 0.2) is 32.8 Å². The number of rotatable bonds is 3. The van der Waals surface area contributed by atoms with E-state index in [1.807, 2.05) is 0 Å². The summed E-state index contributed by atoms with van der Waals surface area (Å²) in [6.07, 6.45) is 7.23. The highest BCUT2D eigenvalue weighted by Gasteiger charge is 2.19. The fourth-order valence-electron chi connectivity index (χ4n) is 2.01. The number of imidazole rings is 1. The lowest BCUT2D eigenvalue weighted by Gasteiger charge is -2.04. The minimum Gasteiger partial charge on any atom is -0.295 e. The lowest BCUT2D eigenvalue weighted by Crippen LogP contribution is -2.06. The summed E-state index contributed by atoms with van der Waals surface area (Å²) in [6.45, 7) is 1.69. The quantitative estimate of drug-likeness (QED) is 0.728. The average Bonchev–Trinajstić information content (AvgIpc) is 3.01. The lowest BCUT2D eigenvalue weighted by molar-refractivity contribution is 0.598. The van der Waals surface area contributed by atoms with E-state index in [2.05, 4.69) is 15.1 Å². The number of hydrogen-bond acceptors (Lipinski definition) is 6. The van der Waals surface area contributed by atoms with E-state index in [9.17, 15) is 12.3 Å². The second-order valence-corrected chi connectivity index (χ2v) is 6.94. The number of halogens is 1. The number of fused-ring (bicyclic) bond motifs is 1. The predicted octanol–water partition coefficient (Wildman–Crippen LogP) is 1.69. The number of aryl methyl sites for hydroxylation is 1. The Morgan fingerprint density at radius 2 is 2.05 bits per heavy atom. The molecule has 0 aliphatic rings. The monoisotopic (exact) mass is 327 g/mol. The van der Waals surface area contributed by atoms with Crippen LogP contribution in [0.5, 0.6) is 0 Å². The third-order valence-electron chi connectivity index (χ3n) is 2.86. The molecule has 0 N–H and O–H groups in total. The van der Waals surface area contributed by atoms with Crippen molar-refractivity contribution in [2.75, 3.05) is 6.26 Å². The zero-order valence-electron chi connectivity index (χ0n) is 11.1. The Balaban J connectivity index is 2.30. The first-order chi connectivity index (χ1) is 9.90. The molecule has 0 fully saturated rings. The summed E-state index contributed by atoms with van der Waals surface area (Å²) in [5, 5.41) is 3.74. The first kappa shape index (κ1) is 14.0. The largest absolute Gasteiger partial charge is 0.295 e. The van der Waals surface area contributed by atoms with Crippen LogP contribution in [0.25, 0.3) is 16.9 Å². The van der Waals surface area contributed by atoms with Crippen molar-refractivity contribution in [3.63, 3.8) is 0 Å². The highest BCUT2D eigenvalue weighted by molar-refractivity contribution is 7.92. The summed E-state index contributed by atoms with van der Waals surface area (Å²) in [7, 11) is -3.50. The van der Waals surface area contributed by atoms with Gasteiger partial charge in [-0.25, -0.2) is 18.4 Å². The molecule has 0 bridgehead atoms. The molecule has 0 radical (unpaired) electrons. The second kappa shape index (κ2) is 4.81. The third kappa shape index (κ3) is 2.40. The van der Waals surface area contributed by atoms with Gasteiger partial charge in [-0.2, -0.15) is 9.19 Å². The Hall–Kier alpha value is -1.94. The Kier molecular flexibility index (Phi) is 3.21. The molecule has 21 heavy (non-hydrogen) atoms. The minimum absolute atomic E-state index is 0.0295. The smallest absolute Gasteiger partial charge is 0.198 e. The maximum atomic E-state index is 12.5. The molecule has 0 spiro atoms. The van der Waals surface area contributed by atoms with Gasteiger partial charge >= 0.3 is 0 Å². The van der Waals surface area contributed by atoms with Crippen LogP contribution in [0.1, 0.15) is 5.69 Å². The molecule has 0 atom stereocenters. The SMILES string of the molecule is Cc1cn2c(-c3cnn(SF)c3)cnc2c(S(C)(=O)=O)n1. The van der Waals surface area contributed by atoms with E-state index in [0.717, 1.165) is 10.3 Å². The number of hydrogen-bond donors (Lipinski definition) is 0. The Bertz CT molecular complexity index is 931. The third-order valence-corrected chi connectivity index (χ3v) is 4.18. The van der Waals surface area contributed by atoms with Crippen molar-refractivity contribution >= 4 is 27.8 Å². The molecule has 0 aromatic carbocycles. The van der Waals surface area contributed by atoms with Crippen LogP contribution < -0.4 is 0 Å². The number of nitrogens with zero attached hydrogens (tertiary/aromatic N) is 5. The second-order valence-electron chi connectivity index (χ2n) is 4.50. The van der Waals surface area contributed by atoms with Crippen molar-refractivity contribution in [2.24, 2.45) is 0 Å². The molecule has 3 heterocycles. The van der Waals surface area contributed by atoms with E-state index in [1.165, 1.54) is 18.6 Å². The maximum absolute atomic E-state index is 12.5. The van der Waals surface area contributed by atoms with Gasteiger partial charge in [0, 0.05) is 24.2 Å². The van der Waals surface area contributed by atoms with E-state index in [1.54, 1.807) is 17.5 Å². The van der Waals surface area contributed by atoms with Crippen molar-refractivity contribution in [3.8, 4) is 11.3 Å². The van der Waals surface area contributed by atoms with Gasteiger partial charge < -0.3 is 0 Å². The predicted molar refractivity (Wildman–Crippen MR) is 76.2 cm³/mol. The Morgan fingerprint density at radius 1 is 1.29 bits per heavy atom. The van der Waals surface area contributed by atoms with Crippen LogP contribution in [0.15, 0.2) is 29.8 Å². The van der Waals surface area contributed by atoms with Gasteiger partial charge in [0.05, 0.1) is 23.8 Å². The molecule has 7 nitrogen and oxygen atoms in total. The normalized spacial score (nSPS) is 12.1. The van der Waals surface area contributed by atoms with Gasteiger partial charge in [0.2, 0.25) is 0 Å².